The molecule has 3 aromatic rings. The van der Waals surface area contributed by atoms with Gasteiger partial charge in [-0.2, -0.15) is 0 Å². The number of hydrogen-bond acceptors (Lipinski definition) is 4. The molecule has 0 atom stereocenters. The van der Waals surface area contributed by atoms with Gasteiger partial charge in [0.15, 0.2) is 5.17 Å². The molecule has 0 spiro atoms. The van der Waals surface area contributed by atoms with E-state index in [0.29, 0.717) is 21.3 Å². The van der Waals surface area contributed by atoms with Crippen LogP contribution in [0.3, 0.4) is 0 Å². The minimum absolute atomic E-state index is 0.177. The first-order valence-corrected chi connectivity index (χ1v) is 10.2. The van der Waals surface area contributed by atoms with Gasteiger partial charge < -0.3 is 5.11 Å². The van der Waals surface area contributed by atoms with Crippen LogP contribution in [0, 0.1) is 5.82 Å². The van der Waals surface area contributed by atoms with Crippen molar-refractivity contribution in [3.05, 3.63) is 106 Å². The van der Waals surface area contributed by atoms with Gasteiger partial charge in [0.05, 0.1) is 22.7 Å². The van der Waals surface area contributed by atoms with Crippen molar-refractivity contribution in [2.45, 2.75) is 6.54 Å². The maximum absolute atomic E-state index is 13.6. The number of nitrogens with zero attached hydrogens (tertiary/aromatic N) is 2. The Morgan fingerprint density at radius 2 is 1.77 bits per heavy atom. The number of rotatable bonds is 5. The predicted molar refractivity (Wildman–Crippen MR) is 119 cm³/mol. The van der Waals surface area contributed by atoms with Crippen LogP contribution < -0.4 is 0 Å². The fourth-order valence-electron chi connectivity index (χ4n) is 3.03. The van der Waals surface area contributed by atoms with E-state index in [1.807, 2.05) is 30.3 Å². The van der Waals surface area contributed by atoms with E-state index < -0.39 is 5.97 Å². The maximum atomic E-state index is 13.6. The van der Waals surface area contributed by atoms with Crippen molar-refractivity contribution in [2.24, 2.45) is 4.99 Å². The molecule has 1 aliphatic heterocycles. The van der Waals surface area contributed by atoms with Gasteiger partial charge in [-0.15, -0.1) is 0 Å². The highest BCUT2D eigenvalue weighted by molar-refractivity contribution is 8.18. The lowest BCUT2D eigenvalue weighted by molar-refractivity contribution is -0.122. The van der Waals surface area contributed by atoms with E-state index in [1.54, 1.807) is 35.2 Å². The molecule has 1 saturated heterocycles. The minimum atomic E-state index is -1.01. The monoisotopic (exact) mass is 432 g/mol. The van der Waals surface area contributed by atoms with Crippen LogP contribution in [0.5, 0.6) is 0 Å². The Morgan fingerprint density at radius 1 is 1.03 bits per heavy atom. The smallest absolute Gasteiger partial charge is 0.335 e. The normalized spacial score (nSPS) is 16.3. The molecule has 0 unspecified atom stereocenters. The largest absolute Gasteiger partial charge is 0.478 e. The van der Waals surface area contributed by atoms with Crippen LogP contribution >= 0.6 is 11.8 Å². The van der Waals surface area contributed by atoms with Crippen molar-refractivity contribution >= 4 is 40.6 Å². The molecule has 1 amide bonds. The first-order chi connectivity index (χ1) is 15.0. The number of halogens is 1. The maximum Gasteiger partial charge on any atom is 0.335 e. The second kappa shape index (κ2) is 8.97. The van der Waals surface area contributed by atoms with Crippen LogP contribution in [0.15, 0.2) is 88.8 Å². The molecule has 31 heavy (non-hydrogen) atoms. The Kier molecular flexibility index (Phi) is 5.95. The van der Waals surface area contributed by atoms with Crippen LogP contribution in [0.25, 0.3) is 6.08 Å². The van der Waals surface area contributed by atoms with Crippen LogP contribution in [-0.4, -0.2) is 27.1 Å². The summed E-state index contributed by atoms with van der Waals surface area (Å²) in [5, 5.41) is 9.58. The van der Waals surface area contributed by atoms with Crippen molar-refractivity contribution in [2.75, 3.05) is 0 Å². The summed E-state index contributed by atoms with van der Waals surface area (Å²) in [5.41, 5.74) is 2.24. The number of carbonyl (C=O) groups is 2. The fraction of sp³-hybridized carbons (Fsp3) is 0.0417. The highest BCUT2D eigenvalue weighted by Gasteiger charge is 2.33. The quantitative estimate of drug-likeness (QED) is 0.554. The number of hydrogen-bond donors (Lipinski definition) is 1. The zero-order valence-corrected chi connectivity index (χ0v) is 17.1. The Hall–Kier alpha value is -3.71. The van der Waals surface area contributed by atoms with Gasteiger partial charge in [-0.1, -0.05) is 42.5 Å². The summed E-state index contributed by atoms with van der Waals surface area (Å²) >= 11 is 1.22. The van der Waals surface area contributed by atoms with E-state index in [4.69, 9.17) is 5.11 Å². The fourth-order valence-corrected chi connectivity index (χ4v) is 4.02. The Balaban J connectivity index is 1.67. The number of para-hydroxylation sites is 1. The van der Waals surface area contributed by atoms with Gasteiger partial charge in [-0.25, -0.2) is 14.2 Å². The molecule has 1 heterocycles. The highest BCUT2D eigenvalue weighted by Crippen LogP contribution is 2.35. The SMILES string of the molecule is O=C(O)c1ccc(CN2C(=O)C(=Cc3cccc(F)c3)SC2=Nc2ccccc2)cc1. The summed E-state index contributed by atoms with van der Waals surface area (Å²) in [6.45, 7) is 0.234. The van der Waals surface area contributed by atoms with Crippen LogP contribution in [0.1, 0.15) is 21.5 Å². The van der Waals surface area contributed by atoms with Crippen molar-refractivity contribution in [1.82, 2.24) is 4.90 Å². The van der Waals surface area contributed by atoms with Crippen LogP contribution in [-0.2, 0) is 11.3 Å². The summed E-state index contributed by atoms with van der Waals surface area (Å²) < 4.78 is 13.6. The second-order valence-corrected chi connectivity index (χ2v) is 7.80. The third-order valence-corrected chi connectivity index (χ3v) is 5.56. The van der Waals surface area contributed by atoms with E-state index in [-0.39, 0.29) is 23.8 Å². The third kappa shape index (κ3) is 4.90. The molecule has 1 fully saturated rings. The lowest BCUT2D eigenvalue weighted by atomic mass is 10.1. The molecule has 1 aliphatic rings. The summed E-state index contributed by atoms with van der Waals surface area (Å²) in [6, 6.07) is 21.7. The van der Waals surface area contributed by atoms with Crippen molar-refractivity contribution in [3.63, 3.8) is 0 Å². The predicted octanol–water partition coefficient (Wildman–Crippen LogP) is 5.33. The molecule has 1 N–H and O–H groups in total. The van der Waals surface area contributed by atoms with Gasteiger partial charge in [0.1, 0.15) is 5.82 Å². The molecule has 0 saturated carbocycles. The Bertz CT molecular complexity index is 1190. The molecule has 5 nitrogen and oxygen atoms in total. The van der Waals surface area contributed by atoms with Gasteiger partial charge in [-0.3, -0.25) is 9.69 Å². The van der Waals surface area contributed by atoms with E-state index in [9.17, 15) is 14.0 Å². The number of amidine groups is 1. The average molecular weight is 432 g/mol. The molecule has 154 valence electrons. The average Bonchev–Trinajstić information content (AvgIpc) is 3.03. The van der Waals surface area contributed by atoms with Crippen LogP contribution in [0.2, 0.25) is 0 Å². The topological polar surface area (TPSA) is 70.0 Å². The molecule has 0 aliphatic carbocycles. The van der Waals surface area contributed by atoms with Gasteiger partial charge in [-0.05, 0) is 65.4 Å². The first kappa shape index (κ1) is 20.6. The summed E-state index contributed by atoms with van der Waals surface area (Å²) in [7, 11) is 0. The Labute approximate surface area is 182 Å². The third-order valence-electron chi connectivity index (χ3n) is 4.56. The lowest BCUT2D eigenvalue weighted by Crippen LogP contribution is -2.28. The molecular formula is C24H17FN2O3S. The molecule has 0 radical (unpaired) electrons. The summed E-state index contributed by atoms with van der Waals surface area (Å²) in [4.78, 5) is 30.8. The van der Waals surface area contributed by atoms with Gasteiger partial charge in [0.2, 0.25) is 0 Å². The van der Waals surface area contributed by atoms with Crippen molar-refractivity contribution in [1.29, 1.82) is 0 Å². The standard InChI is InChI=1S/C24H17FN2O3S/c25-19-6-4-5-17(13-19)14-21-22(28)27(15-16-9-11-18(12-10-16)23(29)30)24(31-21)26-20-7-2-1-3-8-20/h1-14H,15H2,(H,29,30). The molecule has 3 aromatic carbocycles. The minimum Gasteiger partial charge on any atom is -0.478 e. The molecule has 7 heteroatoms. The molecule has 4 rings (SSSR count). The second-order valence-electron chi connectivity index (χ2n) is 6.79. The lowest BCUT2D eigenvalue weighted by Gasteiger charge is -2.16. The van der Waals surface area contributed by atoms with Crippen molar-refractivity contribution in [3.8, 4) is 0 Å². The summed E-state index contributed by atoms with van der Waals surface area (Å²) in [5.74, 6) is -1.63. The Morgan fingerprint density at radius 3 is 2.45 bits per heavy atom. The van der Waals surface area contributed by atoms with E-state index in [0.717, 1.165) is 5.56 Å². The van der Waals surface area contributed by atoms with Gasteiger partial charge in [0.25, 0.3) is 5.91 Å². The van der Waals surface area contributed by atoms with Gasteiger partial charge in [0, 0.05) is 0 Å². The number of aliphatic imine (C=N–C) groups is 1. The van der Waals surface area contributed by atoms with Crippen LogP contribution in [0.4, 0.5) is 10.1 Å². The van der Waals surface area contributed by atoms with E-state index in [2.05, 4.69) is 4.99 Å². The number of carbonyl (C=O) groups excluding carboxylic acids is 1. The zero-order valence-electron chi connectivity index (χ0n) is 16.2. The first-order valence-electron chi connectivity index (χ1n) is 9.42. The van der Waals surface area contributed by atoms with Gasteiger partial charge >= 0.3 is 5.97 Å². The number of thioether (sulfide) groups is 1. The number of carboxylic acids is 1. The number of amides is 1. The van der Waals surface area contributed by atoms with Crippen molar-refractivity contribution < 1.29 is 19.1 Å². The molecular weight excluding hydrogens is 415 g/mol. The number of benzene rings is 3. The zero-order chi connectivity index (χ0) is 21.8. The number of aromatic carboxylic acids is 1. The molecule has 0 bridgehead atoms. The van der Waals surface area contributed by atoms with E-state index >= 15 is 0 Å². The highest BCUT2D eigenvalue weighted by atomic mass is 32.2. The number of carboxylic acid groups (broad SMARTS) is 1. The van der Waals surface area contributed by atoms with E-state index in [1.165, 1.54) is 36.0 Å². The molecule has 0 aromatic heterocycles. The summed E-state index contributed by atoms with van der Waals surface area (Å²) in [6.07, 6.45) is 1.64.